The Hall–Kier alpha value is -1.42. The summed E-state index contributed by atoms with van der Waals surface area (Å²) in [5, 5.41) is 0. The summed E-state index contributed by atoms with van der Waals surface area (Å²) in [5.41, 5.74) is 6.73. The van der Waals surface area contributed by atoms with Gasteiger partial charge in [0.2, 0.25) is 5.91 Å². The number of amides is 1. The van der Waals surface area contributed by atoms with Gasteiger partial charge in [-0.05, 0) is 31.4 Å². The molecule has 1 fully saturated rings. The van der Waals surface area contributed by atoms with Crippen LogP contribution in [-0.4, -0.2) is 28.4 Å². The summed E-state index contributed by atoms with van der Waals surface area (Å²) < 4.78 is 0. The number of carbonyl (C=O) groups is 1. The molecule has 2 N–H and O–H groups in total. The molecular formula is C12H17N3O. The monoisotopic (exact) mass is 219 g/mol. The van der Waals surface area contributed by atoms with Crippen LogP contribution in [0, 0.1) is 0 Å². The van der Waals surface area contributed by atoms with E-state index in [0.29, 0.717) is 6.54 Å². The van der Waals surface area contributed by atoms with Gasteiger partial charge in [0.1, 0.15) is 0 Å². The van der Waals surface area contributed by atoms with E-state index in [4.69, 9.17) is 5.73 Å². The minimum Gasteiger partial charge on any atom is -0.335 e. The van der Waals surface area contributed by atoms with Crippen LogP contribution in [0.2, 0.25) is 0 Å². The fourth-order valence-electron chi connectivity index (χ4n) is 1.98. The Kier molecular flexibility index (Phi) is 3.51. The molecule has 1 atom stereocenters. The molecule has 0 radical (unpaired) electrons. The van der Waals surface area contributed by atoms with Gasteiger partial charge < -0.3 is 10.6 Å². The number of nitrogens with zero attached hydrogens (tertiary/aromatic N) is 2. The molecule has 4 heteroatoms. The van der Waals surface area contributed by atoms with Crippen LogP contribution in [0.1, 0.15) is 25.0 Å². The molecule has 1 aromatic heterocycles. The van der Waals surface area contributed by atoms with Gasteiger partial charge in [0.25, 0.3) is 0 Å². The second-order valence-corrected chi connectivity index (χ2v) is 4.18. The van der Waals surface area contributed by atoms with E-state index in [1.807, 2.05) is 23.1 Å². The van der Waals surface area contributed by atoms with Crippen LogP contribution in [0.3, 0.4) is 0 Å². The van der Waals surface area contributed by atoms with E-state index in [1.165, 1.54) is 0 Å². The van der Waals surface area contributed by atoms with Gasteiger partial charge in [-0.15, -0.1) is 0 Å². The van der Waals surface area contributed by atoms with Crippen molar-refractivity contribution in [2.45, 2.75) is 31.8 Å². The number of pyridine rings is 1. The molecule has 4 nitrogen and oxygen atoms in total. The number of carbonyl (C=O) groups excluding carboxylic acids is 1. The molecule has 1 amide bonds. The number of hydrogen-bond donors (Lipinski definition) is 1. The zero-order valence-corrected chi connectivity index (χ0v) is 9.30. The molecule has 0 spiro atoms. The van der Waals surface area contributed by atoms with Crippen molar-refractivity contribution >= 4 is 5.91 Å². The maximum absolute atomic E-state index is 11.9. The molecule has 0 aromatic carbocycles. The zero-order valence-electron chi connectivity index (χ0n) is 9.30. The molecule has 1 saturated heterocycles. The van der Waals surface area contributed by atoms with E-state index in [0.717, 1.165) is 31.5 Å². The molecular weight excluding hydrogens is 202 g/mol. The summed E-state index contributed by atoms with van der Waals surface area (Å²) in [6.45, 7) is 1.37. The molecule has 0 aliphatic carbocycles. The second-order valence-electron chi connectivity index (χ2n) is 4.18. The first-order chi connectivity index (χ1) is 7.77. The summed E-state index contributed by atoms with van der Waals surface area (Å²) in [6, 6.07) is 5.42. The Labute approximate surface area is 95.5 Å². The van der Waals surface area contributed by atoms with Gasteiger partial charge in [-0.2, -0.15) is 0 Å². The fraction of sp³-hybridized carbons (Fsp3) is 0.500. The lowest BCUT2D eigenvalue weighted by molar-refractivity contribution is -0.132. The predicted octanol–water partition coefficient (Wildman–Crippen LogP) is 0.921. The van der Waals surface area contributed by atoms with Crippen LogP contribution >= 0.6 is 0 Å². The molecule has 2 rings (SSSR count). The van der Waals surface area contributed by atoms with Crippen LogP contribution in [0.4, 0.5) is 0 Å². The third kappa shape index (κ3) is 2.58. The molecule has 16 heavy (non-hydrogen) atoms. The van der Waals surface area contributed by atoms with Crippen molar-refractivity contribution in [1.29, 1.82) is 0 Å². The second kappa shape index (κ2) is 5.07. The quantitative estimate of drug-likeness (QED) is 0.804. The third-order valence-electron chi connectivity index (χ3n) is 2.90. The van der Waals surface area contributed by atoms with E-state index in [2.05, 4.69) is 4.98 Å². The zero-order chi connectivity index (χ0) is 11.4. The van der Waals surface area contributed by atoms with Crippen LogP contribution in [0.25, 0.3) is 0 Å². The highest BCUT2D eigenvalue weighted by Crippen LogP contribution is 2.12. The maximum Gasteiger partial charge on any atom is 0.239 e. The highest BCUT2D eigenvalue weighted by molar-refractivity contribution is 5.81. The van der Waals surface area contributed by atoms with Crippen molar-refractivity contribution in [2.75, 3.05) is 6.54 Å². The van der Waals surface area contributed by atoms with E-state index in [-0.39, 0.29) is 11.9 Å². The van der Waals surface area contributed by atoms with Crippen LogP contribution in [0.15, 0.2) is 24.4 Å². The van der Waals surface area contributed by atoms with Gasteiger partial charge in [-0.25, -0.2) is 0 Å². The van der Waals surface area contributed by atoms with E-state index in [1.54, 1.807) is 6.20 Å². The van der Waals surface area contributed by atoms with Gasteiger partial charge >= 0.3 is 0 Å². The number of aromatic nitrogens is 1. The Balaban J connectivity index is 2.05. The summed E-state index contributed by atoms with van der Waals surface area (Å²) in [7, 11) is 0. The Morgan fingerprint density at radius 3 is 3.06 bits per heavy atom. The van der Waals surface area contributed by atoms with E-state index >= 15 is 0 Å². The van der Waals surface area contributed by atoms with Crippen molar-refractivity contribution in [1.82, 2.24) is 9.88 Å². The van der Waals surface area contributed by atoms with Gasteiger partial charge in [-0.3, -0.25) is 9.78 Å². The average Bonchev–Trinajstić information content (AvgIpc) is 2.46. The van der Waals surface area contributed by atoms with E-state index < -0.39 is 0 Å². The number of likely N-dealkylation sites (tertiary alicyclic amines) is 1. The molecule has 1 aliphatic heterocycles. The SMILES string of the molecule is N[C@H]1CCCCN(Cc2ccccn2)C1=O. The smallest absolute Gasteiger partial charge is 0.239 e. The Morgan fingerprint density at radius 2 is 2.31 bits per heavy atom. The van der Waals surface area contributed by atoms with Crippen molar-refractivity contribution < 1.29 is 4.79 Å². The van der Waals surface area contributed by atoms with Crippen molar-refractivity contribution in [3.8, 4) is 0 Å². The number of hydrogen-bond acceptors (Lipinski definition) is 3. The molecule has 2 heterocycles. The topological polar surface area (TPSA) is 59.2 Å². The lowest BCUT2D eigenvalue weighted by Gasteiger charge is -2.22. The van der Waals surface area contributed by atoms with Gasteiger partial charge in [0, 0.05) is 12.7 Å². The van der Waals surface area contributed by atoms with Crippen molar-refractivity contribution in [2.24, 2.45) is 5.73 Å². The number of rotatable bonds is 2. The molecule has 0 unspecified atom stereocenters. The Bertz CT molecular complexity index is 353. The van der Waals surface area contributed by atoms with Crippen molar-refractivity contribution in [3.63, 3.8) is 0 Å². The first-order valence-electron chi connectivity index (χ1n) is 5.71. The predicted molar refractivity (Wildman–Crippen MR) is 61.5 cm³/mol. The minimum atomic E-state index is -0.328. The first kappa shape index (κ1) is 11.1. The lowest BCUT2D eigenvalue weighted by Crippen LogP contribution is -2.41. The molecule has 0 bridgehead atoms. The first-order valence-corrected chi connectivity index (χ1v) is 5.71. The summed E-state index contributed by atoms with van der Waals surface area (Å²) >= 11 is 0. The van der Waals surface area contributed by atoms with E-state index in [9.17, 15) is 4.79 Å². The van der Waals surface area contributed by atoms with Gasteiger partial charge in [0.05, 0.1) is 18.3 Å². The summed E-state index contributed by atoms with van der Waals surface area (Å²) in [4.78, 5) is 18.0. The van der Waals surface area contributed by atoms with Crippen LogP contribution in [-0.2, 0) is 11.3 Å². The summed E-state index contributed by atoms with van der Waals surface area (Å²) in [5.74, 6) is 0.0585. The maximum atomic E-state index is 11.9. The fourth-order valence-corrected chi connectivity index (χ4v) is 1.98. The van der Waals surface area contributed by atoms with Crippen LogP contribution in [0.5, 0.6) is 0 Å². The van der Waals surface area contributed by atoms with Gasteiger partial charge in [0.15, 0.2) is 0 Å². The molecule has 0 saturated carbocycles. The standard InChI is InChI=1S/C12H17N3O/c13-11-6-2-4-8-15(12(11)16)9-10-5-1-3-7-14-10/h1,3,5,7,11H,2,4,6,8-9,13H2/t11-/m0/s1. The Morgan fingerprint density at radius 1 is 1.44 bits per heavy atom. The van der Waals surface area contributed by atoms with Crippen molar-refractivity contribution in [3.05, 3.63) is 30.1 Å². The molecule has 1 aromatic rings. The van der Waals surface area contributed by atoms with Gasteiger partial charge in [-0.1, -0.05) is 6.07 Å². The van der Waals surface area contributed by atoms with Crippen LogP contribution < -0.4 is 5.73 Å². The number of nitrogens with two attached hydrogens (primary N) is 1. The molecule has 1 aliphatic rings. The lowest BCUT2D eigenvalue weighted by atomic mass is 10.1. The highest BCUT2D eigenvalue weighted by atomic mass is 16.2. The largest absolute Gasteiger partial charge is 0.335 e. The normalized spacial score (nSPS) is 21.9. The summed E-state index contributed by atoms with van der Waals surface area (Å²) in [6.07, 6.45) is 4.62. The highest BCUT2D eigenvalue weighted by Gasteiger charge is 2.23. The third-order valence-corrected chi connectivity index (χ3v) is 2.90. The minimum absolute atomic E-state index is 0.0585. The molecule has 86 valence electrons. The average molecular weight is 219 g/mol.